The minimum absolute atomic E-state index is 0.0268. The summed E-state index contributed by atoms with van der Waals surface area (Å²) in [6.07, 6.45) is -9.96. The first-order valence-corrected chi connectivity index (χ1v) is 24.7. The highest BCUT2D eigenvalue weighted by atomic mass is 16.7. The normalized spacial score (nSPS) is 25.5. The highest BCUT2D eigenvalue weighted by molar-refractivity contribution is 5.77. The molecule has 25 nitrogen and oxygen atoms in total. The lowest BCUT2D eigenvalue weighted by Crippen LogP contribution is -2.62. The summed E-state index contributed by atoms with van der Waals surface area (Å²) in [5.74, 6) is -0.893. The topological polar surface area (TPSA) is 372 Å². The zero-order valence-electron chi connectivity index (χ0n) is 41.9. The molecule has 2 rings (SSSR count). The van der Waals surface area contributed by atoms with Crippen molar-refractivity contribution in [2.75, 3.05) is 92.2 Å². The Balaban J connectivity index is 1.64. The molecule has 0 saturated carbocycles. The lowest BCUT2D eigenvalue weighted by atomic mass is 9.97. The first-order chi connectivity index (χ1) is 33.7. The maximum absolute atomic E-state index is 12.6. The molecule has 2 aliphatic rings. The van der Waals surface area contributed by atoms with Crippen LogP contribution < -0.4 is 26.6 Å². The van der Waals surface area contributed by atoms with Crippen molar-refractivity contribution in [2.24, 2.45) is 0 Å². The quantitative estimate of drug-likeness (QED) is 0.0263. The molecule has 0 aromatic rings. The predicted molar refractivity (Wildman–Crippen MR) is 251 cm³/mol. The number of amides is 4. The molecule has 4 amide bonds. The third-order valence-electron chi connectivity index (χ3n) is 11.2. The second-order valence-corrected chi connectivity index (χ2v) is 18.9. The van der Waals surface area contributed by atoms with Gasteiger partial charge in [0.1, 0.15) is 54.6 Å². The Hall–Kier alpha value is -3.09. The molecule has 0 radical (unpaired) electrons. The molecule has 2 saturated heterocycles. The molecule has 10 atom stereocenters. The van der Waals surface area contributed by atoms with E-state index in [4.69, 9.17) is 33.2 Å². The number of Topliss-reactive ketones (excluding diaryl/α,β-unsaturated/α-hetero) is 1. The Labute approximate surface area is 416 Å². The number of carbonyl (C=O) groups excluding carboxylic acids is 5. The molecule has 0 aromatic heterocycles. The molecule has 4 unspecified atom stereocenters. The Morgan fingerprint density at radius 2 is 0.817 bits per heavy atom. The summed E-state index contributed by atoms with van der Waals surface area (Å²) < 4.78 is 39.3. The number of ether oxygens (including phenoxy) is 7. The lowest BCUT2D eigenvalue weighted by molar-refractivity contribution is -0.301. The van der Waals surface area contributed by atoms with Crippen molar-refractivity contribution in [2.45, 2.75) is 171 Å². The monoisotopic (exact) mass is 1030 g/mol. The van der Waals surface area contributed by atoms with E-state index in [9.17, 15) is 64.8 Å². The average molecular weight is 1030 g/mol. The number of aliphatic hydroxyl groups is 8. The third-order valence-corrected chi connectivity index (χ3v) is 11.2. The highest BCUT2D eigenvalue weighted by Gasteiger charge is 2.45. The average Bonchev–Trinajstić information content (AvgIpc) is 3.32. The molecular formula is C46H85N5O20. The second-order valence-electron chi connectivity index (χ2n) is 18.9. The number of nitrogens with one attached hydrogen (secondary N) is 5. The maximum atomic E-state index is 12.6. The van der Waals surface area contributed by atoms with Gasteiger partial charge in [0.05, 0.1) is 58.4 Å². The van der Waals surface area contributed by atoms with Crippen LogP contribution in [0.25, 0.3) is 0 Å². The van der Waals surface area contributed by atoms with Crippen LogP contribution in [-0.4, -0.2) is 235 Å². The van der Waals surface area contributed by atoms with Gasteiger partial charge in [-0.25, -0.2) is 0 Å². The van der Waals surface area contributed by atoms with Gasteiger partial charge in [0.15, 0.2) is 12.6 Å². The summed E-state index contributed by atoms with van der Waals surface area (Å²) >= 11 is 0. The predicted octanol–water partition coefficient (Wildman–Crippen LogP) is -3.86. The van der Waals surface area contributed by atoms with Gasteiger partial charge in [0.2, 0.25) is 23.6 Å². The maximum Gasteiger partial charge on any atom is 0.222 e. The van der Waals surface area contributed by atoms with Crippen LogP contribution in [0, 0.1) is 0 Å². The van der Waals surface area contributed by atoms with Gasteiger partial charge in [-0.3, -0.25) is 24.0 Å². The highest BCUT2D eigenvalue weighted by Crippen LogP contribution is 2.24. The van der Waals surface area contributed by atoms with E-state index in [2.05, 4.69) is 26.6 Å². The SMILES string of the molecule is CC(=O)CCOCC(COCCC(=O)NCCCNC(=O)CCCCO[C@H]1OC(CO)[C@@H](O)C(O)[C@H]1O)(COCCC(=O)NCCCNC(=O)CCCCO[C@H]1OC(CO)[C@@H](O)C(O)[C@H]1O)NC(C)(C)C. The zero-order valence-corrected chi connectivity index (χ0v) is 41.9. The minimum atomic E-state index is -1.53. The van der Waals surface area contributed by atoms with Gasteiger partial charge in [-0.05, 0) is 66.2 Å². The van der Waals surface area contributed by atoms with Gasteiger partial charge < -0.3 is 101 Å². The Bertz CT molecular complexity index is 1440. The van der Waals surface area contributed by atoms with E-state index in [0.717, 1.165) is 0 Å². The van der Waals surface area contributed by atoms with Crippen molar-refractivity contribution in [1.29, 1.82) is 0 Å². The number of unbranched alkanes of at least 4 members (excludes halogenated alkanes) is 2. The van der Waals surface area contributed by atoms with Gasteiger partial charge in [-0.2, -0.15) is 0 Å². The molecule has 0 aliphatic carbocycles. The number of hydrogen-bond donors (Lipinski definition) is 13. The lowest BCUT2D eigenvalue weighted by Gasteiger charge is -2.40. The first kappa shape index (κ1) is 64.0. The fourth-order valence-corrected chi connectivity index (χ4v) is 7.40. The Kier molecular flexibility index (Phi) is 31.7. The summed E-state index contributed by atoms with van der Waals surface area (Å²) in [7, 11) is 0. The summed E-state index contributed by atoms with van der Waals surface area (Å²) in [5.41, 5.74) is -1.35. The standard InChI is InChI=1S/C46H85N5O20/c1-30(54)13-22-65-27-46(51-45(2,3)4,28-66-23-14-35(57)49-18-9-16-47-33(55)11-5-7-20-68-43-41(63)39(61)37(59)31(25-52)70-43)29-67-24-15-36(58)50-19-10-17-48-34(56)12-6-8-21-69-44-42(64)40(62)38(60)32(26-53)71-44/h31-32,37-44,51-53,59-64H,5-29H2,1-4H3,(H,47,55)(H,48,56)(H,49,57)(H,50,58)/t31?,32?,37-,38-,39?,40?,41-,42-,43+,44+,46?/m1/s1. The molecule has 0 bridgehead atoms. The van der Waals surface area contributed by atoms with Crippen molar-refractivity contribution in [3.8, 4) is 0 Å². The molecule has 25 heteroatoms. The Morgan fingerprint density at radius 1 is 0.465 bits per heavy atom. The summed E-state index contributed by atoms with van der Waals surface area (Å²) in [5, 5.41) is 92.8. The number of ketones is 1. The van der Waals surface area contributed by atoms with Crippen LogP contribution >= 0.6 is 0 Å². The molecule has 2 aliphatic heterocycles. The smallest absolute Gasteiger partial charge is 0.222 e. The molecule has 0 aromatic carbocycles. The van der Waals surface area contributed by atoms with Crippen LogP contribution in [-0.2, 0) is 57.1 Å². The van der Waals surface area contributed by atoms with E-state index in [1.165, 1.54) is 6.92 Å². The Morgan fingerprint density at radius 3 is 1.15 bits per heavy atom. The van der Waals surface area contributed by atoms with Gasteiger partial charge in [0.25, 0.3) is 0 Å². The first-order valence-electron chi connectivity index (χ1n) is 24.7. The number of carbonyl (C=O) groups is 5. The minimum Gasteiger partial charge on any atom is -0.394 e. The van der Waals surface area contributed by atoms with Gasteiger partial charge in [0, 0.05) is 77.0 Å². The molecule has 414 valence electrons. The number of hydrogen-bond acceptors (Lipinski definition) is 21. The van der Waals surface area contributed by atoms with Crippen LogP contribution in [0.1, 0.15) is 98.3 Å². The fraction of sp³-hybridized carbons (Fsp3) is 0.891. The molecule has 0 spiro atoms. The molecule has 71 heavy (non-hydrogen) atoms. The zero-order chi connectivity index (χ0) is 52.8. The molecule has 13 N–H and O–H groups in total. The van der Waals surface area contributed by atoms with Crippen LogP contribution in [0.15, 0.2) is 0 Å². The van der Waals surface area contributed by atoms with Gasteiger partial charge in [-0.15, -0.1) is 0 Å². The molecule has 2 heterocycles. The van der Waals surface area contributed by atoms with Crippen molar-refractivity contribution in [3.05, 3.63) is 0 Å². The summed E-state index contributed by atoms with van der Waals surface area (Å²) in [6, 6.07) is 0. The van der Waals surface area contributed by atoms with Crippen molar-refractivity contribution >= 4 is 29.4 Å². The number of rotatable bonds is 38. The number of aliphatic hydroxyl groups excluding tert-OH is 8. The van der Waals surface area contributed by atoms with Crippen molar-refractivity contribution in [3.63, 3.8) is 0 Å². The van der Waals surface area contributed by atoms with Gasteiger partial charge in [-0.1, -0.05) is 0 Å². The van der Waals surface area contributed by atoms with Gasteiger partial charge >= 0.3 is 0 Å². The van der Waals surface area contributed by atoms with Crippen molar-refractivity contribution in [1.82, 2.24) is 26.6 Å². The van der Waals surface area contributed by atoms with E-state index < -0.39 is 85.7 Å². The summed E-state index contributed by atoms with van der Waals surface area (Å²) in [4.78, 5) is 61.3. The van der Waals surface area contributed by atoms with E-state index >= 15 is 0 Å². The second kappa shape index (κ2) is 35.2. The fourth-order valence-electron chi connectivity index (χ4n) is 7.40. The summed E-state index contributed by atoms with van der Waals surface area (Å²) in [6.45, 7) is 8.41. The van der Waals surface area contributed by atoms with E-state index in [0.29, 0.717) is 64.7 Å². The van der Waals surface area contributed by atoms with E-state index in [-0.39, 0.29) is 114 Å². The largest absolute Gasteiger partial charge is 0.394 e. The van der Waals surface area contributed by atoms with Crippen LogP contribution in [0.5, 0.6) is 0 Å². The molecule has 2 fully saturated rings. The molecular weight excluding hydrogens is 943 g/mol. The van der Waals surface area contributed by atoms with Crippen LogP contribution in [0.4, 0.5) is 0 Å². The van der Waals surface area contributed by atoms with Crippen LogP contribution in [0.2, 0.25) is 0 Å². The van der Waals surface area contributed by atoms with Crippen molar-refractivity contribution < 1.29 is 98.0 Å². The van der Waals surface area contributed by atoms with Crippen LogP contribution in [0.3, 0.4) is 0 Å². The van der Waals surface area contributed by atoms with E-state index in [1.54, 1.807) is 0 Å². The van der Waals surface area contributed by atoms with E-state index in [1.807, 2.05) is 20.8 Å². The third kappa shape index (κ3) is 26.6.